The SMILES string of the molecule is CCCNCc1ccnc(N(C)C2CCCCCC2)c1F. The van der Waals surface area contributed by atoms with Crippen molar-refractivity contribution in [2.75, 3.05) is 18.5 Å². The lowest BCUT2D eigenvalue weighted by atomic mass is 10.1. The van der Waals surface area contributed by atoms with Crippen molar-refractivity contribution >= 4 is 5.82 Å². The molecule has 4 heteroatoms. The summed E-state index contributed by atoms with van der Waals surface area (Å²) in [7, 11) is 1.99. The van der Waals surface area contributed by atoms with Crippen LogP contribution in [0.4, 0.5) is 10.2 Å². The van der Waals surface area contributed by atoms with Crippen molar-refractivity contribution < 1.29 is 4.39 Å². The molecule has 2 rings (SSSR count). The summed E-state index contributed by atoms with van der Waals surface area (Å²) in [5.41, 5.74) is 0.717. The van der Waals surface area contributed by atoms with Crippen molar-refractivity contribution in [3.63, 3.8) is 0 Å². The highest BCUT2D eigenvalue weighted by Gasteiger charge is 2.21. The van der Waals surface area contributed by atoms with E-state index in [4.69, 9.17) is 0 Å². The molecular weight excluding hydrogens is 265 g/mol. The molecule has 0 saturated heterocycles. The normalized spacial score (nSPS) is 16.7. The predicted octanol–water partition coefficient (Wildman–Crippen LogP) is 3.88. The summed E-state index contributed by atoms with van der Waals surface area (Å²) in [6, 6.07) is 2.20. The number of nitrogens with one attached hydrogen (secondary N) is 1. The van der Waals surface area contributed by atoms with Gasteiger partial charge in [0, 0.05) is 31.4 Å². The van der Waals surface area contributed by atoms with Crippen molar-refractivity contribution in [3.8, 4) is 0 Å². The third kappa shape index (κ3) is 4.40. The van der Waals surface area contributed by atoms with Crippen LogP contribution in [0.15, 0.2) is 12.3 Å². The second-order valence-corrected chi connectivity index (χ2v) is 6.04. The molecule has 0 aliphatic heterocycles. The fourth-order valence-corrected chi connectivity index (χ4v) is 3.07. The molecule has 0 radical (unpaired) electrons. The highest BCUT2D eigenvalue weighted by Crippen LogP contribution is 2.26. The molecule has 1 aliphatic rings. The summed E-state index contributed by atoms with van der Waals surface area (Å²) in [6.45, 7) is 3.60. The molecule has 1 aromatic heterocycles. The number of nitrogens with zero attached hydrogens (tertiary/aromatic N) is 2. The van der Waals surface area contributed by atoms with E-state index in [1.807, 2.05) is 7.05 Å². The maximum absolute atomic E-state index is 14.7. The van der Waals surface area contributed by atoms with Crippen LogP contribution < -0.4 is 10.2 Å². The minimum absolute atomic E-state index is 0.159. The zero-order valence-electron chi connectivity index (χ0n) is 13.4. The van der Waals surface area contributed by atoms with E-state index in [1.165, 1.54) is 25.7 Å². The van der Waals surface area contributed by atoms with Gasteiger partial charge in [0.2, 0.25) is 0 Å². The summed E-state index contributed by atoms with van der Waals surface area (Å²) in [5.74, 6) is 0.352. The molecule has 0 atom stereocenters. The van der Waals surface area contributed by atoms with Crippen LogP contribution in [-0.4, -0.2) is 24.6 Å². The molecule has 118 valence electrons. The molecule has 1 saturated carbocycles. The van der Waals surface area contributed by atoms with Gasteiger partial charge in [-0.25, -0.2) is 9.37 Å². The summed E-state index contributed by atoms with van der Waals surface area (Å²) in [6.07, 6.45) is 10.2. The lowest BCUT2D eigenvalue weighted by Gasteiger charge is -2.29. The van der Waals surface area contributed by atoms with Gasteiger partial charge < -0.3 is 10.2 Å². The highest BCUT2D eigenvalue weighted by atomic mass is 19.1. The number of aromatic nitrogens is 1. The minimum Gasteiger partial charge on any atom is -0.354 e. The standard InChI is InChI=1S/C17H28FN3/c1-3-11-19-13-14-10-12-20-17(16(14)18)21(2)15-8-6-4-5-7-9-15/h10,12,15,19H,3-9,11,13H2,1-2H3. The summed E-state index contributed by atoms with van der Waals surface area (Å²) < 4.78 is 14.7. The number of anilines is 1. The van der Waals surface area contributed by atoms with Crippen LogP contribution in [0.3, 0.4) is 0 Å². The van der Waals surface area contributed by atoms with Crippen LogP contribution in [-0.2, 0) is 6.54 Å². The molecule has 1 aromatic rings. The number of pyridine rings is 1. The van der Waals surface area contributed by atoms with Gasteiger partial charge in [-0.15, -0.1) is 0 Å². The minimum atomic E-state index is -0.159. The lowest BCUT2D eigenvalue weighted by molar-refractivity contribution is 0.525. The quantitative estimate of drug-likeness (QED) is 0.637. The first-order valence-electron chi connectivity index (χ1n) is 8.31. The number of hydrogen-bond acceptors (Lipinski definition) is 3. The Morgan fingerprint density at radius 1 is 1.29 bits per heavy atom. The lowest BCUT2D eigenvalue weighted by Crippen LogP contribution is -2.33. The van der Waals surface area contributed by atoms with Crippen LogP contribution in [0, 0.1) is 5.82 Å². The van der Waals surface area contributed by atoms with Gasteiger partial charge in [0.1, 0.15) is 0 Å². The zero-order valence-corrected chi connectivity index (χ0v) is 13.4. The summed E-state index contributed by atoms with van der Waals surface area (Å²) in [4.78, 5) is 6.36. The molecule has 1 aliphatic carbocycles. The van der Waals surface area contributed by atoms with Gasteiger partial charge in [-0.1, -0.05) is 32.6 Å². The monoisotopic (exact) mass is 293 g/mol. The zero-order chi connectivity index (χ0) is 15.1. The van der Waals surface area contributed by atoms with E-state index >= 15 is 0 Å². The Morgan fingerprint density at radius 3 is 2.67 bits per heavy atom. The number of hydrogen-bond donors (Lipinski definition) is 1. The molecule has 21 heavy (non-hydrogen) atoms. The topological polar surface area (TPSA) is 28.2 Å². The Hall–Kier alpha value is -1.16. The van der Waals surface area contributed by atoms with Crippen molar-refractivity contribution in [1.82, 2.24) is 10.3 Å². The van der Waals surface area contributed by atoms with Gasteiger partial charge in [-0.2, -0.15) is 0 Å². The van der Waals surface area contributed by atoms with E-state index in [1.54, 1.807) is 12.3 Å². The third-order valence-corrected chi connectivity index (χ3v) is 4.40. The number of rotatable bonds is 6. The van der Waals surface area contributed by atoms with Crippen LogP contribution in [0.25, 0.3) is 0 Å². The number of halogens is 1. The van der Waals surface area contributed by atoms with Gasteiger partial charge in [0.15, 0.2) is 11.6 Å². The molecule has 0 unspecified atom stereocenters. The molecule has 0 spiro atoms. The largest absolute Gasteiger partial charge is 0.354 e. The molecule has 0 amide bonds. The fourth-order valence-electron chi connectivity index (χ4n) is 3.07. The summed E-state index contributed by atoms with van der Waals surface area (Å²) >= 11 is 0. The van der Waals surface area contributed by atoms with Gasteiger partial charge in [-0.3, -0.25) is 0 Å². The maximum Gasteiger partial charge on any atom is 0.170 e. The Bertz CT molecular complexity index is 428. The molecule has 1 heterocycles. The smallest absolute Gasteiger partial charge is 0.170 e. The van der Waals surface area contributed by atoms with Crippen LogP contribution >= 0.6 is 0 Å². The first-order valence-corrected chi connectivity index (χ1v) is 8.31. The average Bonchev–Trinajstić information content (AvgIpc) is 2.78. The molecular formula is C17H28FN3. The predicted molar refractivity (Wildman–Crippen MR) is 86.1 cm³/mol. The third-order valence-electron chi connectivity index (χ3n) is 4.40. The second-order valence-electron chi connectivity index (χ2n) is 6.04. The van der Waals surface area contributed by atoms with Crippen LogP contribution in [0.1, 0.15) is 57.4 Å². The molecule has 1 N–H and O–H groups in total. The Labute approximate surface area is 127 Å². The van der Waals surface area contributed by atoms with Gasteiger partial charge >= 0.3 is 0 Å². The van der Waals surface area contributed by atoms with Crippen molar-refractivity contribution in [1.29, 1.82) is 0 Å². The van der Waals surface area contributed by atoms with E-state index in [0.717, 1.165) is 25.8 Å². The first kappa shape index (κ1) is 16.2. The van der Waals surface area contributed by atoms with Crippen molar-refractivity contribution in [3.05, 3.63) is 23.6 Å². The van der Waals surface area contributed by atoms with Crippen molar-refractivity contribution in [2.45, 2.75) is 64.5 Å². The van der Waals surface area contributed by atoms with Gasteiger partial charge in [0.05, 0.1) is 0 Å². The Morgan fingerprint density at radius 2 is 2.00 bits per heavy atom. The highest BCUT2D eigenvalue weighted by molar-refractivity contribution is 5.43. The van der Waals surface area contributed by atoms with E-state index in [2.05, 4.69) is 22.1 Å². The van der Waals surface area contributed by atoms with E-state index < -0.39 is 0 Å². The maximum atomic E-state index is 14.7. The van der Waals surface area contributed by atoms with Gasteiger partial charge in [-0.05, 0) is 31.9 Å². The Balaban J connectivity index is 2.08. The van der Waals surface area contributed by atoms with E-state index in [9.17, 15) is 4.39 Å². The van der Waals surface area contributed by atoms with Gasteiger partial charge in [0.25, 0.3) is 0 Å². The molecule has 0 bridgehead atoms. The summed E-state index contributed by atoms with van der Waals surface area (Å²) in [5, 5.41) is 3.26. The Kier molecular flexibility index (Phi) is 6.43. The van der Waals surface area contributed by atoms with Crippen molar-refractivity contribution in [2.24, 2.45) is 0 Å². The van der Waals surface area contributed by atoms with Crippen LogP contribution in [0.5, 0.6) is 0 Å². The molecule has 1 fully saturated rings. The van der Waals surface area contributed by atoms with Crippen LogP contribution in [0.2, 0.25) is 0 Å². The fraction of sp³-hybridized carbons (Fsp3) is 0.706. The molecule has 3 nitrogen and oxygen atoms in total. The van der Waals surface area contributed by atoms with E-state index in [0.29, 0.717) is 24.0 Å². The average molecular weight is 293 g/mol. The second kappa shape index (κ2) is 8.32. The van der Waals surface area contributed by atoms with E-state index in [-0.39, 0.29) is 5.82 Å². The first-order chi connectivity index (χ1) is 10.2. The molecule has 0 aromatic carbocycles.